The van der Waals surface area contributed by atoms with Gasteiger partial charge in [0.1, 0.15) is 11.5 Å². The van der Waals surface area contributed by atoms with Gasteiger partial charge in [0.15, 0.2) is 0 Å². The summed E-state index contributed by atoms with van der Waals surface area (Å²) in [4.78, 5) is 0. The summed E-state index contributed by atoms with van der Waals surface area (Å²) in [6, 6.07) is 12.8. The van der Waals surface area contributed by atoms with E-state index in [2.05, 4.69) is 5.16 Å². The fraction of sp³-hybridized carbons (Fsp3) is 0.118. The van der Waals surface area contributed by atoms with E-state index in [0.29, 0.717) is 16.8 Å². The molecule has 0 aliphatic heterocycles. The van der Waals surface area contributed by atoms with Crippen LogP contribution in [0.2, 0.25) is 0 Å². The lowest BCUT2D eigenvalue weighted by molar-refractivity contribution is 0.439. The third kappa shape index (κ3) is 2.29. The Balaban J connectivity index is 2.25. The Bertz CT molecular complexity index is 808. The molecule has 0 unspecified atom stereocenters. The smallest absolute Gasteiger partial charge is 0.230 e. The average Bonchev–Trinajstić information content (AvgIpc) is 2.81. The summed E-state index contributed by atoms with van der Waals surface area (Å²) in [5, 5.41) is 3.95. The van der Waals surface area contributed by atoms with Crippen molar-refractivity contribution in [2.45, 2.75) is 13.8 Å². The van der Waals surface area contributed by atoms with Gasteiger partial charge in [0.25, 0.3) is 0 Å². The van der Waals surface area contributed by atoms with Crippen molar-refractivity contribution in [3.05, 3.63) is 59.4 Å². The molecule has 0 fully saturated rings. The van der Waals surface area contributed by atoms with E-state index in [9.17, 15) is 4.39 Å². The summed E-state index contributed by atoms with van der Waals surface area (Å²) in [6.07, 6.45) is 0. The number of hydrogen-bond acceptors (Lipinski definition) is 3. The van der Waals surface area contributed by atoms with Crippen LogP contribution in [-0.4, -0.2) is 5.16 Å². The minimum atomic E-state index is -0.335. The first-order valence-corrected chi connectivity index (χ1v) is 6.65. The van der Waals surface area contributed by atoms with Crippen LogP contribution in [0.25, 0.3) is 22.4 Å². The van der Waals surface area contributed by atoms with Crippen LogP contribution in [0.15, 0.2) is 47.0 Å². The highest BCUT2D eigenvalue weighted by molar-refractivity contribution is 5.88. The molecule has 106 valence electrons. The van der Waals surface area contributed by atoms with Gasteiger partial charge in [-0.2, -0.15) is 0 Å². The van der Waals surface area contributed by atoms with E-state index in [0.717, 1.165) is 16.7 Å². The largest absolute Gasteiger partial charge is 0.367 e. The van der Waals surface area contributed by atoms with E-state index >= 15 is 0 Å². The zero-order valence-electron chi connectivity index (χ0n) is 11.9. The van der Waals surface area contributed by atoms with Crippen molar-refractivity contribution < 1.29 is 8.91 Å². The van der Waals surface area contributed by atoms with Gasteiger partial charge < -0.3 is 10.3 Å². The molecule has 0 aliphatic carbocycles. The number of anilines is 1. The van der Waals surface area contributed by atoms with Gasteiger partial charge in [0.05, 0.1) is 5.56 Å². The van der Waals surface area contributed by atoms with Gasteiger partial charge in [-0.1, -0.05) is 35.5 Å². The lowest BCUT2D eigenvalue weighted by atomic mass is 9.97. The number of halogens is 1. The predicted molar refractivity (Wildman–Crippen MR) is 81.2 cm³/mol. The Kier molecular flexibility index (Phi) is 3.22. The van der Waals surface area contributed by atoms with Crippen molar-refractivity contribution in [2.75, 3.05) is 5.73 Å². The number of aryl methyl sites for hydroxylation is 2. The topological polar surface area (TPSA) is 52.0 Å². The van der Waals surface area contributed by atoms with E-state index in [1.807, 2.05) is 44.2 Å². The van der Waals surface area contributed by atoms with Crippen LogP contribution in [-0.2, 0) is 0 Å². The van der Waals surface area contributed by atoms with Crippen LogP contribution >= 0.6 is 0 Å². The van der Waals surface area contributed by atoms with Crippen LogP contribution in [0, 0.1) is 19.7 Å². The summed E-state index contributed by atoms with van der Waals surface area (Å²) in [6.45, 7) is 3.81. The molecular formula is C17H15FN2O. The molecule has 3 aromatic rings. The summed E-state index contributed by atoms with van der Waals surface area (Å²) in [5.41, 5.74) is 10.1. The molecule has 4 heteroatoms. The van der Waals surface area contributed by atoms with Crippen LogP contribution < -0.4 is 5.73 Å². The molecule has 2 aromatic carbocycles. The number of nitrogens with two attached hydrogens (primary N) is 1. The van der Waals surface area contributed by atoms with E-state index in [1.54, 1.807) is 6.07 Å². The Morgan fingerprint density at radius 1 is 1.05 bits per heavy atom. The number of nitrogen functional groups attached to an aromatic ring is 1. The van der Waals surface area contributed by atoms with E-state index < -0.39 is 0 Å². The van der Waals surface area contributed by atoms with Gasteiger partial charge in [-0.3, -0.25) is 0 Å². The Labute approximate surface area is 122 Å². The van der Waals surface area contributed by atoms with Crippen LogP contribution in [0.3, 0.4) is 0 Å². The van der Waals surface area contributed by atoms with Gasteiger partial charge in [-0.05, 0) is 42.7 Å². The molecule has 21 heavy (non-hydrogen) atoms. The second-order valence-corrected chi connectivity index (χ2v) is 5.07. The van der Waals surface area contributed by atoms with Gasteiger partial charge in [-0.25, -0.2) is 4.39 Å². The molecule has 0 saturated carbocycles. The maximum absolute atomic E-state index is 14.2. The molecule has 0 aliphatic rings. The molecule has 1 heterocycles. The van der Waals surface area contributed by atoms with E-state index in [1.165, 1.54) is 6.07 Å². The Morgan fingerprint density at radius 2 is 1.81 bits per heavy atom. The lowest BCUT2D eigenvalue weighted by Gasteiger charge is -2.07. The molecule has 0 amide bonds. The second kappa shape index (κ2) is 5.05. The van der Waals surface area contributed by atoms with Crippen LogP contribution in [0.1, 0.15) is 11.1 Å². The Hall–Kier alpha value is -2.62. The molecule has 0 spiro atoms. The molecule has 0 saturated heterocycles. The summed E-state index contributed by atoms with van der Waals surface area (Å²) in [7, 11) is 0. The molecule has 0 radical (unpaired) electrons. The zero-order chi connectivity index (χ0) is 15.0. The molecule has 0 atom stereocenters. The fourth-order valence-electron chi connectivity index (χ4n) is 2.41. The van der Waals surface area contributed by atoms with Gasteiger partial charge in [0, 0.05) is 5.56 Å². The van der Waals surface area contributed by atoms with Crippen molar-refractivity contribution in [1.82, 2.24) is 5.16 Å². The minimum absolute atomic E-state index is 0.194. The number of rotatable bonds is 2. The number of hydrogen-bond donors (Lipinski definition) is 1. The fourth-order valence-corrected chi connectivity index (χ4v) is 2.41. The number of aromatic nitrogens is 1. The first kappa shape index (κ1) is 13.4. The maximum atomic E-state index is 14.2. The van der Waals surface area contributed by atoms with Gasteiger partial charge >= 0.3 is 0 Å². The molecule has 3 nitrogen and oxygen atoms in total. The molecule has 1 aromatic heterocycles. The average molecular weight is 282 g/mol. The highest BCUT2D eigenvalue weighted by Crippen LogP contribution is 2.38. The second-order valence-electron chi connectivity index (χ2n) is 5.07. The zero-order valence-corrected chi connectivity index (χ0v) is 11.9. The van der Waals surface area contributed by atoms with Gasteiger partial charge in [0.2, 0.25) is 5.88 Å². The SMILES string of the molecule is Cc1ccc(-c2noc(N)c2-c2ccccc2C)c(F)c1. The van der Waals surface area contributed by atoms with Crippen molar-refractivity contribution >= 4 is 5.88 Å². The normalized spacial score (nSPS) is 10.8. The maximum Gasteiger partial charge on any atom is 0.230 e. The standard InChI is InChI=1S/C17H15FN2O/c1-10-7-8-13(14(18)9-10)16-15(17(19)21-20-16)12-6-4-3-5-11(12)2/h3-9H,19H2,1-2H3. The first-order chi connectivity index (χ1) is 10.1. The Morgan fingerprint density at radius 3 is 2.52 bits per heavy atom. The molecule has 0 bridgehead atoms. The highest BCUT2D eigenvalue weighted by atomic mass is 19.1. The van der Waals surface area contributed by atoms with E-state index in [-0.39, 0.29) is 11.7 Å². The van der Waals surface area contributed by atoms with Crippen LogP contribution in [0.4, 0.5) is 10.3 Å². The third-order valence-corrected chi connectivity index (χ3v) is 3.51. The summed E-state index contributed by atoms with van der Waals surface area (Å²) in [5.74, 6) is -0.141. The number of nitrogens with zero attached hydrogens (tertiary/aromatic N) is 1. The first-order valence-electron chi connectivity index (χ1n) is 6.65. The van der Waals surface area contributed by atoms with Gasteiger partial charge in [-0.15, -0.1) is 0 Å². The van der Waals surface area contributed by atoms with Crippen molar-refractivity contribution in [3.8, 4) is 22.4 Å². The quantitative estimate of drug-likeness (QED) is 0.760. The third-order valence-electron chi connectivity index (χ3n) is 3.51. The highest BCUT2D eigenvalue weighted by Gasteiger charge is 2.20. The number of benzene rings is 2. The van der Waals surface area contributed by atoms with E-state index in [4.69, 9.17) is 10.3 Å². The summed E-state index contributed by atoms with van der Waals surface area (Å²) < 4.78 is 19.3. The minimum Gasteiger partial charge on any atom is -0.367 e. The monoisotopic (exact) mass is 282 g/mol. The molecular weight excluding hydrogens is 267 g/mol. The summed E-state index contributed by atoms with van der Waals surface area (Å²) >= 11 is 0. The molecule has 2 N–H and O–H groups in total. The lowest BCUT2D eigenvalue weighted by Crippen LogP contribution is -1.92. The van der Waals surface area contributed by atoms with Crippen molar-refractivity contribution in [3.63, 3.8) is 0 Å². The van der Waals surface area contributed by atoms with Crippen LogP contribution in [0.5, 0.6) is 0 Å². The van der Waals surface area contributed by atoms with Crippen molar-refractivity contribution in [2.24, 2.45) is 0 Å². The molecule has 3 rings (SSSR count). The predicted octanol–water partition coefficient (Wildman–Crippen LogP) is 4.35. The van der Waals surface area contributed by atoms with Crippen molar-refractivity contribution in [1.29, 1.82) is 0 Å².